The van der Waals surface area contributed by atoms with E-state index in [2.05, 4.69) is 0 Å². The van der Waals surface area contributed by atoms with Gasteiger partial charge in [-0.3, -0.25) is 0 Å². The fraction of sp³-hybridized carbons (Fsp3) is 0.214. The predicted molar refractivity (Wildman–Crippen MR) is 62.8 cm³/mol. The normalized spacial score (nSPS) is 12.4. The Hall–Kier alpha value is -1.67. The van der Waals surface area contributed by atoms with Crippen LogP contribution < -0.4 is 4.57 Å². The molecule has 2 aromatic rings. The van der Waals surface area contributed by atoms with Crippen molar-refractivity contribution in [1.82, 2.24) is 0 Å². The lowest BCUT2D eigenvalue weighted by Crippen LogP contribution is -2.35. The Morgan fingerprint density at radius 1 is 1.06 bits per heavy atom. The van der Waals surface area contributed by atoms with Crippen molar-refractivity contribution in [3.8, 4) is 0 Å². The van der Waals surface area contributed by atoms with Gasteiger partial charge in [-0.1, -0.05) is 35.9 Å². The number of pyridine rings is 1. The molecule has 1 heterocycles. The lowest BCUT2D eigenvalue weighted by molar-refractivity contribution is -0.704. The molecular weight excluding hydrogens is 198 g/mol. The van der Waals surface area contributed by atoms with E-state index in [4.69, 9.17) is 0 Å². The fourth-order valence-electron chi connectivity index (χ4n) is 1.65. The maximum Gasteiger partial charge on any atom is 0.178 e. The number of aromatic nitrogens is 1. The van der Waals surface area contributed by atoms with E-state index in [1.165, 1.54) is 5.56 Å². The van der Waals surface area contributed by atoms with Gasteiger partial charge in [-0.05, 0) is 12.5 Å². The van der Waals surface area contributed by atoms with Crippen molar-refractivity contribution in [2.24, 2.45) is 0 Å². The van der Waals surface area contributed by atoms with Gasteiger partial charge in [-0.2, -0.15) is 0 Å². The molecule has 0 aliphatic heterocycles. The molecule has 0 fully saturated rings. The smallest absolute Gasteiger partial charge is 0.178 e. The number of benzene rings is 1. The average Bonchev–Trinajstić information content (AvgIpc) is 2.31. The second kappa shape index (κ2) is 4.90. The van der Waals surface area contributed by atoms with E-state index in [1.54, 1.807) is 0 Å². The first-order chi connectivity index (χ1) is 7.75. The van der Waals surface area contributed by atoms with Crippen LogP contribution in [0.15, 0.2) is 54.9 Å². The molecule has 0 saturated carbocycles. The first-order valence-corrected chi connectivity index (χ1v) is 5.44. The molecular formula is C14H16NO+. The van der Waals surface area contributed by atoms with Gasteiger partial charge in [0.15, 0.2) is 18.9 Å². The van der Waals surface area contributed by atoms with Crippen molar-refractivity contribution in [2.75, 3.05) is 0 Å². The second-order valence-electron chi connectivity index (χ2n) is 4.00. The van der Waals surface area contributed by atoms with Gasteiger partial charge in [0.2, 0.25) is 0 Å². The molecule has 0 saturated heterocycles. The van der Waals surface area contributed by atoms with E-state index in [-0.39, 0.29) is 0 Å². The number of hydrogen-bond acceptors (Lipinski definition) is 1. The van der Waals surface area contributed by atoms with Crippen molar-refractivity contribution in [2.45, 2.75) is 19.6 Å². The van der Waals surface area contributed by atoms with Crippen LogP contribution in [0.5, 0.6) is 0 Å². The van der Waals surface area contributed by atoms with Crippen LogP contribution in [0.4, 0.5) is 0 Å². The van der Waals surface area contributed by atoms with E-state index in [0.717, 1.165) is 5.56 Å². The molecule has 1 N–H and O–H groups in total. The SMILES string of the molecule is Cc1ccc(C(O)C[n+]2ccccc2)cc1. The molecule has 0 amide bonds. The number of nitrogens with zero attached hydrogens (tertiary/aromatic N) is 1. The summed E-state index contributed by atoms with van der Waals surface area (Å²) in [5.74, 6) is 0. The predicted octanol–water partition coefficient (Wildman–Crippen LogP) is 2.02. The van der Waals surface area contributed by atoms with Crippen molar-refractivity contribution < 1.29 is 9.67 Å². The van der Waals surface area contributed by atoms with Crippen LogP contribution in [-0.4, -0.2) is 5.11 Å². The average molecular weight is 214 g/mol. The summed E-state index contributed by atoms with van der Waals surface area (Å²) in [5.41, 5.74) is 2.17. The van der Waals surface area contributed by atoms with Gasteiger partial charge in [-0.15, -0.1) is 0 Å². The van der Waals surface area contributed by atoms with Crippen molar-refractivity contribution in [3.63, 3.8) is 0 Å². The maximum atomic E-state index is 10.0. The standard InChI is InChI=1S/C14H16NO/c1-12-5-7-13(8-6-12)14(16)11-15-9-3-2-4-10-15/h2-10,14,16H,11H2,1H3/q+1. The summed E-state index contributed by atoms with van der Waals surface area (Å²) in [5, 5.41) is 10.0. The van der Waals surface area contributed by atoms with Crippen LogP contribution >= 0.6 is 0 Å². The van der Waals surface area contributed by atoms with Crippen molar-refractivity contribution >= 4 is 0 Å². The quantitative estimate of drug-likeness (QED) is 0.776. The Morgan fingerprint density at radius 2 is 1.69 bits per heavy atom. The van der Waals surface area contributed by atoms with Crippen molar-refractivity contribution in [1.29, 1.82) is 0 Å². The molecule has 0 bridgehead atoms. The molecule has 82 valence electrons. The summed E-state index contributed by atoms with van der Waals surface area (Å²) in [4.78, 5) is 0. The van der Waals surface area contributed by atoms with Crippen LogP contribution in [0.25, 0.3) is 0 Å². The Balaban J connectivity index is 2.09. The minimum Gasteiger partial charge on any atom is -0.382 e. The molecule has 1 aromatic carbocycles. The Labute approximate surface area is 95.8 Å². The monoisotopic (exact) mass is 214 g/mol. The molecule has 2 heteroatoms. The van der Waals surface area contributed by atoms with Gasteiger partial charge in [0.25, 0.3) is 0 Å². The summed E-state index contributed by atoms with van der Waals surface area (Å²) in [6.07, 6.45) is 3.46. The van der Waals surface area contributed by atoms with Crippen LogP contribution in [0.1, 0.15) is 17.2 Å². The third-order valence-corrected chi connectivity index (χ3v) is 2.62. The number of hydrogen-bond donors (Lipinski definition) is 1. The van der Waals surface area contributed by atoms with E-state index >= 15 is 0 Å². The summed E-state index contributed by atoms with van der Waals surface area (Å²) in [7, 11) is 0. The van der Waals surface area contributed by atoms with Crippen LogP contribution in [-0.2, 0) is 6.54 Å². The fourth-order valence-corrected chi connectivity index (χ4v) is 1.65. The Morgan fingerprint density at radius 3 is 2.31 bits per heavy atom. The molecule has 2 nitrogen and oxygen atoms in total. The summed E-state index contributed by atoms with van der Waals surface area (Å²) >= 11 is 0. The molecule has 1 aromatic heterocycles. The van der Waals surface area contributed by atoms with E-state index in [1.807, 2.05) is 66.3 Å². The first-order valence-electron chi connectivity index (χ1n) is 5.44. The van der Waals surface area contributed by atoms with Crippen LogP contribution in [0.3, 0.4) is 0 Å². The van der Waals surface area contributed by atoms with Gasteiger partial charge in [0.1, 0.15) is 6.10 Å². The molecule has 0 aliphatic rings. The Kier molecular flexibility index (Phi) is 3.32. The molecule has 0 radical (unpaired) electrons. The largest absolute Gasteiger partial charge is 0.382 e. The molecule has 1 unspecified atom stereocenters. The second-order valence-corrected chi connectivity index (χ2v) is 4.00. The topological polar surface area (TPSA) is 24.1 Å². The zero-order valence-electron chi connectivity index (χ0n) is 9.38. The summed E-state index contributed by atoms with van der Waals surface area (Å²) < 4.78 is 1.98. The number of aliphatic hydroxyl groups excluding tert-OH is 1. The van der Waals surface area contributed by atoms with E-state index in [9.17, 15) is 5.11 Å². The van der Waals surface area contributed by atoms with Gasteiger partial charge < -0.3 is 5.11 Å². The van der Waals surface area contributed by atoms with E-state index in [0.29, 0.717) is 6.54 Å². The van der Waals surface area contributed by atoms with Crippen LogP contribution in [0, 0.1) is 6.92 Å². The third-order valence-electron chi connectivity index (χ3n) is 2.62. The highest BCUT2D eigenvalue weighted by atomic mass is 16.3. The number of rotatable bonds is 3. The third kappa shape index (κ3) is 2.67. The maximum absolute atomic E-state index is 10.0. The molecule has 1 atom stereocenters. The zero-order valence-corrected chi connectivity index (χ0v) is 9.38. The minimum atomic E-state index is -0.451. The van der Waals surface area contributed by atoms with Crippen LogP contribution in [0.2, 0.25) is 0 Å². The minimum absolute atomic E-state index is 0.451. The molecule has 0 spiro atoms. The molecule has 2 rings (SSSR count). The lowest BCUT2D eigenvalue weighted by Gasteiger charge is -2.07. The zero-order chi connectivity index (χ0) is 11.4. The van der Waals surface area contributed by atoms with Gasteiger partial charge in [-0.25, -0.2) is 4.57 Å². The highest BCUT2D eigenvalue weighted by Crippen LogP contribution is 2.13. The van der Waals surface area contributed by atoms with E-state index < -0.39 is 6.10 Å². The highest BCUT2D eigenvalue weighted by Gasteiger charge is 2.12. The number of aryl methyl sites for hydroxylation is 1. The first kappa shape index (κ1) is 10.8. The summed E-state index contributed by atoms with van der Waals surface area (Å²) in [6, 6.07) is 13.9. The van der Waals surface area contributed by atoms with Gasteiger partial charge >= 0.3 is 0 Å². The summed E-state index contributed by atoms with van der Waals surface area (Å²) in [6.45, 7) is 2.63. The van der Waals surface area contributed by atoms with Gasteiger partial charge in [0.05, 0.1) is 0 Å². The highest BCUT2D eigenvalue weighted by molar-refractivity contribution is 5.22. The molecule has 16 heavy (non-hydrogen) atoms. The number of aliphatic hydroxyl groups is 1. The Bertz CT molecular complexity index is 436. The molecule has 0 aliphatic carbocycles. The van der Waals surface area contributed by atoms with Crippen molar-refractivity contribution in [3.05, 3.63) is 66.0 Å². The lowest BCUT2D eigenvalue weighted by atomic mass is 10.1. The van der Waals surface area contributed by atoms with Gasteiger partial charge in [0, 0.05) is 12.1 Å².